The van der Waals surface area contributed by atoms with Crippen LogP contribution >= 0.6 is 0 Å². The van der Waals surface area contributed by atoms with Crippen LogP contribution in [0.25, 0.3) is 0 Å². The highest BCUT2D eigenvalue weighted by atomic mass is 16.3. The Morgan fingerprint density at radius 2 is 2.00 bits per heavy atom. The van der Waals surface area contributed by atoms with Crippen molar-refractivity contribution in [3.63, 3.8) is 0 Å². The van der Waals surface area contributed by atoms with Gasteiger partial charge in [0.2, 0.25) is 0 Å². The van der Waals surface area contributed by atoms with Crippen molar-refractivity contribution in [3.8, 4) is 0 Å². The fraction of sp³-hybridized carbons (Fsp3) is 0.684. The molecule has 4 heteroatoms. The number of ketones is 1. The van der Waals surface area contributed by atoms with Crippen LogP contribution in [-0.4, -0.2) is 27.5 Å². The number of carbonyl (C=O) groups is 1. The van der Waals surface area contributed by atoms with Crippen LogP contribution in [-0.2, 0) is 0 Å². The summed E-state index contributed by atoms with van der Waals surface area (Å²) >= 11 is 0. The van der Waals surface area contributed by atoms with E-state index in [0.717, 1.165) is 25.1 Å². The second-order valence-corrected chi connectivity index (χ2v) is 8.40. The molecule has 3 unspecified atom stereocenters. The maximum absolute atomic E-state index is 11.4. The Bertz CT molecular complexity index is 611. The number of anilines is 1. The Balaban J connectivity index is 1.52. The quantitative estimate of drug-likeness (QED) is 0.836. The van der Waals surface area contributed by atoms with E-state index < -0.39 is 5.60 Å². The molecule has 1 aromatic rings. The fourth-order valence-electron chi connectivity index (χ4n) is 5.85. The molecule has 4 aliphatic rings. The largest absolute Gasteiger partial charge is 0.390 e. The molecule has 0 aliphatic heterocycles. The smallest absolute Gasteiger partial charge is 0.161 e. The van der Waals surface area contributed by atoms with Crippen LogP contribution in [0, 0.1) is 17.3 Å². The zero-order chi connectivity index (χ0) is 16.2. The topological polar surface area (TPSA) is 62.2 Å². The van der Waals surface area contributed by atoms with Gasteiger partial charge in [-0.1, -0.05) is 0 Å². The van der Waals surface area contributed by atoms with Crippen LogP contribution in [0.2, 0.25) is 0 Å². The van der Waals surface area contributed by atoms with Crippen molar-refractivity contribution in [2.75, 3.05) is 5.32 Å². The highest BCUT2D eigenvalue weighted by Gasteiger charge is 2.58. The lowest BCUT2D eigenvalue weighted by Gasteiger charge is -2.62. The average Bonchev–Trinajstić information content (AvgIpc) is 2.45. The third kappa shape index (κ3) is 2.57. The minimum absolute atomic E-state index is 0.0420. The van der Waals surface area contributed by atoms with Gasteiger partial charge in [-0.25, -0.2) is 4.98 Å². The molecule has 1 aromatic heterocycles. The highest BCUT2D eigenvalue weighted by molar-refractivity contribution is 5.93. The number of pyridine rings is 1. The van der Waals surface area contributed by atoms with E-state index in [4.69, 9.17) is 0 Å². The minimum Gasteiger partial charge on any atom is -0.390 e. The normalized spacial score (nSPS) is 39.3. The number of aliphatic hydroxyl groups is 1. The Morgan fingerprint density at radius 3 is 2.52 bits per heavy atom. The predicted molar refractivity (Wildman–Crippen MR) is 89.4 cm³/mol. The molecule has 0 radical (unpaired) electrons. The first kappa shape index (κ1) is 15.1. The van der Waals surface area contributed by atoms with Crippen molar-refractivity contribution < 1.29 is 9.90 Å². The van der Waals surface area contributed by atoms with E-state index >= 15 is 0 Å². The van der Waals surface area contributed by atoms with Crippen LogP contribution in [0.15, 0.2) is 18.3 Å². The Kier molecular flexibility index (Phi) is 3.31. The Morgan fingerprint density at radius 1 is 1.30 bits per heavy atom. The molecule has 0 aromatic carbocycles. The van der Waals surface area contributed by atoms with Crippen LogP contribution in [0.5, 0.6) is 0 Å². The van der Waals surface area contributed by atoms with Crippen molar-refractivity contribution >= 4 is 11.6 Å². The summed E-state index contributed by atoms with van der Waals surface area (Å²) < 4.78 is 0. The molecule has 3 atom stereocenters. The minimum atomic E-state index is -0.425. The third-order valence-corrected chi connectivity index (χ3v) is 6.53. The lowest BCUT2D eigenvalue weighted by atomic mass is 9.46. The molecule has 2 N–H and O–H groups in total. The van der Waals surface area contributed by atoms with E-state index in [1.807, 2.05) is 12.1 Å². The maximum Gasteiger partial charge on any atom is 0.161 e. The predicted octanol–water partition coefficient (Wildman–Crippen LogP) is 3.42. The summed E-state index contributed by atoms with van der Waals surface area (Å²) in [4.78, 5) is 15.7. The van der Waals surface area contributed by atoms with Crippen molar-refractivity contribution in [3.05, 3.63) is 23.9 Å². The molecule has 124 valence electrons. The molecule has 4 bridgehead atoms. The molecule has 0 amide bonds. The highest BCUT2D eigenvalue weighted by Crippen LogP contribution is 2.62. The van der Waals surface area contributed by atoms with E-state index in [1.165, 1.54) is 19.3 Å². The standard InChI is InChI=1S/C19H26N2O2/c1-12(22)16-3-4-17(20-10-16)21-13(2)18-6-14-5-15(7-18)9-19(23,8-14)11-18/h3-4,10,13-15,23H,5-9,11H2,1-2H3,(H,20,21). The zero-order valence-corrected chi connectivity index (χ0v) is 14.0. The maximum atomic E-state index is 11.4. The van der Waals surface area contributed by atoms with Crippen LogP contribution in [0.1, 0.15) is 62.7 Å². The van der Waals surface area contributed by atoms with Gasteiger partial charge in [0.05, 0.1) is 5.60 Å². The number of nitrogens with one attached hydrogen (secondary N) is 1. The second-order valence-electron chi connectivity index (χ2n) is 8.40. The van der Waals surface area contributed by atoms with Crippen molar-refractivity contribution in [1.29, 1.82) is 0 Å². The third-order valence-electron chi connectivity index (χ3n) is 6.53. The Hall–Kier alpha value is -1.42. The van der Waals surface area contributed by atoms with E-state index in [0.29, 0.717) is 17.4 Å². The molecule has 4 fully saturated rings. The lowest BCUT2D eigenvalue weighted by Crippen LogP contribution is -2.60. The number of Topliss-reactive ketones (excluding diaryl/α,β-unsaturated/α-hetero) is 1. The first-order valence-corrected chi connectivity index (χ1v) is 8.83. The second kappa shape index (κ2) is 5.04. The van der Waals surface area contributed by atoms with Gasteiger partial charge in [0.1, 0.15) is 5.82 Å². The summed E-state index contributed by atoms with van der Waals surface area (Å²) in [6.45, 7) is 3.79. The number of carbonyl (C=O) groups excluding carboxylic acids is 1. The molecular weight excluding hydrogens is 288 g/mol. The number of aromatic nitrogens is 1. The summed E-state index contributed by atoms with van der Waals surface area (Å²) in [6, 6.07) is 4.01. The van der Waals surface area contributed by atoms with Gasteiger partial charge in [-0.05, 0) is 81.8 Å². The summed E-state index contributed by atoms with van der Waals surface area (Å²) in [5.41, 5.74) is 0.415. The van der Waals surface area contributed by atoms with E-state index in [-0.39, 0.29) is 17.2 Å². The molecule has 4 nitrogen and oxygen atoms in total. The van der Waals surface area contributed by atoms with Crippen molar-refractivity contribution in [2.24, 2.45) is 17.3 Å². The molecule has 0 saturated heterocycles. The van der Waals surface area contributed by atoms with Gasteiger partial charge in [-0.15, -0.1) is 0 Å². The van der Waals surface area contributed by atoms with E-state index in [1.54, 1.807) is 13.1 Å². The van der Waals surface area contributed by atoms with Crippen molar-refractivity contribution in [1.82, 2.24) is 4.98 Å². The van der Waals surface area contributed by atoms with Gasteiger partial charge >= 0.3 is 0 Å². The van der Waals surface area contributed by atoms with Gasteiger partial charge in [0, 0.05) is 17.8 Å². The van der Waals surface area contributed by atoms with Gasteiger partial charge in [-0.3, -0.25) is 4.79 Å². The lowest BCUT2D eigenvalue weighted by molar-refractivity contribution is -0.167. The van der Waals surface area contributed by atoms with E-state index in [9.17, 15) is 9.90 Å². The first-order chi connectivity index (χ1) is 10.9. The van der Waals surface area contributed by atoms with Gasteiger partial charge < -0.3 is 10.4 Å². The number of rotatable bonds is 4. The van der Waals surface area contributed by atoms with Gasteiger partial charge in [0.25, 0.3) is 0 Å². The molecule has 23 heavy (non-hydrogen) atoms. The summed E-state index contributed by atoms with van der Waals surface area (Å²) in [6.07, 6.45) is 8.34. The summed E-state index contributed by atoms with van der Waals surface area (Å²) in [5.74, 6) is 2.25. The average molecular weight is 314 g/mol. The number of nitrogens with zero attached hydrogens (tertiary/aromatic N) is 1. The SMILES string of the molecule is CC(=O)c1ccc(NC(C)C23CC4CC(CC(O)(C4)C2)C3)nc1. The molecule has 0 spiro atoms. The molecule has 4 aliphatic carbocycles. The van der Waals surface area contributed by atoms with Crippen LogP contribution < -0.4 is 5.32 Å². The Labute approximate surface area is 137 Å². The number of hydrogen-bond acceptors (Lipinski definition) is 4. The molecule has 4 saturated carbocycles. The number of hydrogen-bond donors (Lipinski definition) is 2. The van der Waals surface area contributed by atoms with Gasteiger partial charge in [0.15, 0.2) is 5.78 Å². The summed E-state index contributed by atoms with van der Waals surface area (Å²) in [7, 11) is 0. The molecule has 5 rings (SSSR count). The van der Waals surface area contributed by atoms with Crippen LogP contribution in [0.3, 0.4) is 0 Å². The first-order valence-electron chi connectivity index (χ1n) is 8.83. The monoisotopic (exact) mass is 314 g/mol. The molecular formula is C19H26N2O2. The van der Waals surface area contributed by atoms with Crippen LogP contribution in [0.4, 0.5) is 5.82 Å². The molecule has 1 heterocycles. The fourth-order valence-corrected chi connectivity index (χ4v) is 5.85. The van der Waals surface area contributed by atoms with Crippen molar-refractivity contribution in [2.45, 2.75) is 64.0 Å². The zero-order valence-electron chi connectivity index (χ0n) is 14.0. The van der Waals surface area contributed by atoms with Gasteiger partial charge in [-0.2, -0.15) is 0 Å². The van der Waals surface area contributed by atoms with E-state index in [2.05, 4.69) is 17.2 Å². The summed E-state index contributed by atoms with van der Waals surface area (Å²) in [5, 5.41) is 14.4.